The SMILES string of the molecule is CC1(C)C(C(=O)O)C1c1ccc(OC(F)(F)F)c(Br)c1. The summed E-state index contributed by atoms with van der Waals surface area (Å²) >= 11 is 3.02. The molecule has 2 unspecified atom stereocenters. The molecule has 20 heavy (non-hydrogen) atoms. The van der Waals surface area contributed by atoms with Gasteiger partial charge in [-0.3, -0.25) is 4.79 Å². The lowest BCUT2D eigenvalue weighted by atomic mass is 10.0. The van der Waals surface area contributed by atoms with Crippen molar-refractivity contribution in [2.45, 2.75) is 26.1 Å². The van der Waals surface area contributed by atoms with Crippen molar-refractivity contribution in [3.05, 3.63) is 28.2 Å². The first-order chi connectivity index (χ1) is 9.04. The van der Waals surface area contributed by atoms with Crippen molar-refractivity contribution in [2.75, 3.05) is 0 Å². The zero-order valence-corrected chi connectivity index (χ0v) is 12.2. The molecule has 0 radical (unpaired) electrons. The molecule has 0 saturated heterocycles. The summed E-state index contributed by atoms with van der Waals surface area (Å²) in [6, 6.07) is 4.15. The molecule has 0 spiro atoms. The normalized spacial score (nSPS) is 24.3. The Morgan fingerprint density at radius 1 is 1.40 bits per heavy atom. The Morgan fingerprint density at radius 3 is 2.40 bits per heavy atom. The maximum absolute atomic E-state index is 12.2. The molecule has 1 fully saturated rings. The standard InChI is InChI=1S/C13H12BrF3O3/c1-12(2)9(10(12)11(18)19)6-3-4-8(7(14)5-6)20-13(15,16)17/h3-5,9-10H,1-2H3,(H,18,19). The van der Waals surface area contributed by atoms with Crippen LogP contribution in [0.2, 0.25) is 0 Å². The number of rotatable bonds is 3. The molecule has 0 aromatic heterocycles. The van der Waals surface area contributed by atoms with Crippen LogP contribution < -0.4 is 4.74 Å². The second-order valence-corrected chi connectivity index (χ2v) is 6.21. The van der Waals surface area contributed by atoms with Gasteiger partial charge in [-0.15, -0.1) is 13.2 Å². The van der Waals surface area contributed by atoms with Gasteiger partial charge < -0.3 is 9.84 Å². The van der Waals surface area contributed by atoms with Crippen molar-refractivity contribution in [1.29, 1.82) is 0 Å². The third kappa shape index (κ3) is 2.77. The van der Waals surface area contributed by atoms with E-state index in [1.165, 1.54) is 18.2 Å². The minimum absolute atomic E-state index is 0.152. The summed E-state index contributed by atoms with van der Waals surface area (Å²) in [6.07, 6.45) is -4.76. The highest BCUT2D eigenvalue weighted by Gasteiger charge is 2.62. The fraction of sp³-hybridized carbons (Fsp3) is 0.462. The lowest BCUT2D eigenvalue weighted by Crippen LogP contribution is -2.17. The third-order valence-electron chi connectivity index (χ3n) is 3.63. The van der Waals surface area contributed by atoms with Gasteiger partial charge >= 0.3 is 12.3 Å². The quantitative estimate of drug-likeness (QED) is 0.887. The largest absolute Gasteiger partial charge is 0.573 e. The van der Waals surface area contributed by atoms with E-state index in [0.717, 1.165) is 0 Å². The van der Waals surface area contributed by atoms with Crippen LogP contribution >= 0.6 is 15.9 Å². The van der Waals surface area contributed by atoms with Gasteiger partial charge in [-0.2, -0.15) is 0 Å². The number of hydrogen-bond acceptors (Lipinski definition) is 2. The topological polar surface area (TPSA) is 46.5 Å². The van der Waals surface area contributed by atoms with Crippen molar-refractivity contribution in [2.24, 2.45) is 11.3 Å². The Bertz CT molecular complexity index is 554. The molecule has 1 aliphatic rings. The molecule has 0 aliphatic heterocycles. The second kappa shape index (κ2) is 4.65. The fourth-order valence-electron chi connectivity index (χ4n) is 2.64. The van der Waals surface area contributed by atoms with E-state index in [1.807, 2.05) is 13.8 Å². The van der Waals surface area contributed by atoms with E-state index in [9.17, 15) is 18.0 Å². The lowest BCUT2D eigenvalue weighted by molar-refractivity contribution is -0.274. The van der Waals surface area contributed by atoms with Gasteiger partial charge in [0.05, 0.1) is 10.4 Å². The number of carbonyl (C=O) groups is 1. The smallest absolute Gasteiger partial charge is 0.481 e. The zero-order valence-electron chi connectivity index (χ0n) is 10.7. The van der Waals surface area contributed by atoms with Crippen LogP contribution in [0.5, 0.6) is 5.75 Å². The second-order valence-electron chi connectivity index (χ2n) is 5.35. The van der Waals surface area contributed by atoms with Crippen molar-refractivity contribution in [1.82, 2.24) is 0 Å². The zero-order chi connectivity index (χ0) is 15.3. The monoisotopic (exact) mass is 352 g/mol. The molecular formula is C13H12BrF3O3. The van der Waals surface area contributed by atoms with Gasteiger partial charge in [0.1, 0.15) is 5.75 Å². The summed E-state index contributed by atoms with van der Waals surface area (Å²) in [5.74, 6) is -1.97. The van der Waals surface area contributed by atoms with E-state index in [1.54, 1.807) is 0 Å². The van der Waals surface area contributed by atoms with Gasteiger partial charge in [-0.05, 0) is 39.0 Å². The minimum Gasteiger partial charge on any atom is -0.481 e. The average Bonchev–Trinajstić information content (AvgIpc) is 2.83. The number of alkyl halides is 3. The van der Waals surface area contributed by atoms with Crippen LogP contribution in [-0.2, 0) is 4.79 Å². The number of hydrogen-bond donors (Lipinski definition) is 1. The minimum atomic E-state index is -4.76. The van der Waals surface area contributed by atoms with Crippen LogP contribution in [0.3, 0.4) is 0 Å². The summed E-state index contributed by atoms with van der Waals surface area (Å²) < 4.78 is 40.5. The maximum Gasteiger partial charge on any atom is 0.573 e. The number of ether oxygens (including phenoxy) is 1. The average molecular weight is 353 g/mol. The highest BCUT2D eigenvalue weighted by molar-refractivity contribution is 9.10. The highest BCUT2D eigenvalue weighted by atomic mass is 79.9. The molecule has 2 atom stereocenters. The molecule has 7 heteroatoms. The summed E-state index contributed by atoms with van der Waals surface area (Å²) in [7, 11) is 0. The highest BCUT2D eigenvalue weighted by Crippen LogP contribution is 2.64. The fourth-order valence-corrected chi connectivity index (χ4v) is 3.12. The van der Waals surface area contributed by atoms with Crippen LogP contribution in [0.1, 0.15) is 25.3 Å². The van der Waals surface area contributed by atoms with Gasteiger partial charge in [0.2, 0.25) is 0 Å². The summed E-state index contributed by atoms with van der Waals surface area (Å²) in [6.45, 7) is 3.65. The number of carboxylic acid groups (broad SMARTS) is 1. The Balaban J connectivity index is 2.25. The van der Waals surface area contributed by atoms with Gasteiger partial charge in [0.15, 0.2) is 0 Å². The molecule has 1 saturated carbocycles. The molecule has 110 valence electrons. The van der Waals surface area contributed by atoms with Crippen molar-refractivity contribution < 1.29 is 27.8 Å². The van der Waals surface area contributed by atoms with Gasteiger partial charge in [0, 0.05) is 5.92 Å². The first-order valence-corrected chi connectivity index (χ1v) is 6.61. The molecule has 2 rings (SSSR count). The molecule has 1 aliphatic carbocycles. The Morgan fingerprint density at radius 2 is 2.00 bits per heavy atom. The molecule has 0 heterocycles. The first kappa shape index (κ1) is 15.2. The molecule has 1 N–H and O–H groups in total. The van der Waals surface area contributed by atoms with Gasteiger partial charge in [-0.1, -0.05) is 19.9 Å². The van der Waals surface area contributed by atoms with Gasteiger partial charge in [-0.25, -0.2) is 0 Å². The van der Waals surface area contributed by atoms with Crippen LogP contribution in [0.4, 0.5) is 13.2 Å². The third-order valence-corrected chi connectivity index (χ3v) is 4.25. The van der Waals surface area contributed by atoms with Crippen LogP contribution in [-0.4, -0.2) is 17.4 Å². The van der Waals surface area contributed by atoms with Crippen molar-refractivity contribution in [3.8, 4) is 5.75 Å². The van der Waals surface area contributed by atoms with E-state index in [-0.39, 0.29) is 16.1 Å². The van der Waals surface area contributed by atoms with Crippen LogP contribution in [0.15, 0.2) is 22.7 Å². The van der Waals surface area contributed by atoms with E-state index in [4.69, 9.17) is 5.11 Å². The molecule has 1 aromatic carbocycles. The van der Waals surface area contributed by atoms with E-state index in [0.29, 0.717) is 5.56 Å². The molecule has 1 aromatic rings. The summed E-state index contributed by atoms with van der Waals surface area (Å²) in [4.78, 5) is 11.1. The lowest BCUT2D eigenvalue weighted by Gasteiger charge is -2.12. The van der Waals surface area contributed by atoms with Crippen LogP contribution in [0, 0.1) is 11.3 Å². The summed E-state index contributed by atoms with van der Waals surface area (Å²) in [5.41, 5.74) is 0.279. The summed E-state index contributed by atoms with van der Waals surface area (Å²) in [5, 5.41) is 9.11. The van der Waals surface area contributed by atoms with Crippen molar-refractivity contribution >= 4 is 21.9 Å². The van der Waals surface area contributed by atoms with E-state index < -0.39 is 23.7 Å². The first-order valence-electron chi connectivity index (χ1n) is 5.82. The molecule has 0 amide bonds. The Kier molecular flexibility index (Phi) is 3.52. The van der Waals surface area contributed by atoms with Crippen LogP contribution in [0.25, 0.3) is 0 Å². The van der Waals surface area contributed by atoms with E-state index >= 15 is 0 Å². The molecule has 0 bridgehead atoms. The predicted octanol–water partition coefficient (Wildman–Crippen LogP) is 4.17. The number of halogens is 4. The predicted molar refractivity (Wildman–Crippen MR) is 68.5 cm³/mol. The maximum atomic E-state index is 12.2. The molecular weight excluding hydrogens is 341 g/mol. The van der Waals surface area contributed by atoms with Crippen molar-refractivity contribution in [3.63, 3.8) is 0 Å². The molecule has 3 nitrogen and oxygen atoms in total. The van der Waals surface area contributed by atoms with Gasteiger partial charge in [0.25, 0.3) is 0 Å². The number of carboxylic acids is 1. The number of benzene rings is 1. The Labute approximate surface area is 121 Å². The Hall–Kier alpha value is -1.24. The van der Waals surface area contributed by atoms with E-state index in [2.05, 4.69) is 20.7 Å². The number of aliphatic carboxylic acids is 1.